The van der Waals surface area contributed by atoms with Crippen molar-refractivity contribution < 1.29 is 9.69 Å². The molecule has 1 aliphatic carbocycles. The van der Waals surface area contributed by atoms with Gasteiger partial charge in [0.25, 0.3) is 0 Å². The number of quaternary nitrogens is 1. The van der Waals surface area contributed by atoms with Gasteiger partial charge in [0.1, 0.15) is 11.6 Å². The number of fused-ring (bicyclic) bond motifs is 1. The Hall–Kier alpha value is -2.44. The zero-order chi connectivity index (χ0) is 20.7. The molecule has 1 aliphatic heterocycles. The van der Waals surface area contributed by atoms with Crippen LogP contribution in [0, 0.1) is 13.8 Å². The molecule has 2 fully saturated rings. The molecule has 3 heterocycles. The minimum absolute atomic E-state index is 0.130. The molecule has 1 saturated heterocycles. The number of aryl methyl sites for hydroxylation is 1. The standard InChI is InChI=1S/C24H28N4OS/c1-17-15-19(18(2)28(17)20-8-9-20)7-10-24(29)27-13-11-26(12-14-27)16-23-25-21-5-3-4-6-22(21)30-23/h3-7,10,15,20H,8-9,11-14,16H2,1-2H3/p+1/b10-7+. The van der Waals surface area contributed by atoms with Gasteiger partial charge in [0.15, 0.2) is 0 Å². The number of piperazine rings is 1. The fourth-order valence-corrected chi connectivity index (χ4v) is 5.60. The van der Waals surface area contributed by atoms with Crippen molar-refractivity contribution in [2.75, 3.05) is 26.2 Å². The number of carbonyl (C=O) groups excluding carboxylic acids is 1. The largest absolute Gasteiger partial charge is 0.346 e. The van der Waals surface area contributed by atoms with E-state index in [0.29, 0.717) is 6.04 Å². The first-order chi connectivity index (χ1) is 14.6. The third-order valence-electron chi connectivity index (χ3n) is 6.36. The summed E-state index contributed by atoms with van der Waals surface area (Å²) in [6.07, 6.45) is 6.32. The minimum Gasteiger partial charge on any atom is -0.346 e. The van der Waals surface area contributed by atoms with Gasteiger partial charge < -0.3 is 14.4 Å². The van der Waals surface area contributed by atoms with Crippen molar-refractivity contribution in [3.05, 3.63) is 58.4 Å². The quantitative estimate of drug-likeness (QED) is 0.644. The fraction of sp³-hybridized carbons (Fsp3) is 0.417. The second-order valence-corrected chi connectivity index (χ2v) is 9.70. The predicted molar refractivity (Wildman–Crippen MR) is 122 cm³/mol. The van der Waals surface area contributed by atoms with E-state index in [2.05, 4.69) is 42.7 Å². The van der Waals surface area contributed by atoms with Crippen LogP contribution >= 0.6 is 11.3 Å². The number of thiazole rings is 1. The van der Waals surface area contributed by atoms with E-state index in [1.165, 1.54) is 44.4 Å². The van der Waals surface area contributed by atoms with Crippen molar-refractivity contribution in [1.82, 2.24) is 14.5 Å². The molecule has 1 aromatic carbocycles. The van der Waals surface area contributed by atoms with Gasteiger partial charge in [-0.2, -0.15) is 0 Å². The number of rotatable bonds is 5. The molecule has 5 rings (SSSR count). The average molecular weight is 422 g/mol. The zero-order valence-electron chi connectivity index (χ0n) is 17.7. The summed E-state index contributed by atoms with van der Waals surface area (Å²) in [4.78, 5) is 21.0. The van der Waals surface area contributed by atoms with Crippen LogP contribution in [0.4, 0.5) is 0 Å². The van der Waals surface area contributed by atoms with Gasteiger partial charge in [0.05, 0.1) is 36.4 Å². The van der Waals surface area contributed by atoms with Crippen molar-refractivity contribution in [2.45, 2.75) is 39.3 Å². The maximum atomic E-state index is 12.7. The van der Waals surface area contributed by atoms with E-state index in [1.807, 2.05) is 17.0 Å². The number of aromatic nitrogens is 2. The molecule has 1 saturated carbocycles. The van der Waals surface area contributed by atoms with Crippen molar-refractivity contribution in [1.29, 1.82) is 0 Å². The van der Waals surface area contributed by atoms with Crippen LogP contribution in [0.5, 0.6) is 0 Å². The maximum Gasteiger partial charge on any atom is 0.246 e. The molecular weight excluding hydrogens is 392 g/mol. The van der Waals surface area contributed by atoms with E-state index >= 15 is 0 Å². The normalized spacial score (nSPS) is 18.0. The second-order valence-electron chi connectivity index (χ2n) is 8.59. The zero-order valence-corrected chi connectivity index (χ0v) is 18.5. The highest BCUT2D eigenvalue weighted by Crippen LogP contribution is 2.38. The van der Waals surface area contributed by atoms with E-state index in [9.17, 15) is 4.79 Å². The van der Waals surface area contributed by atoms with Crippen LogP contribution in [0.25, 0.3) is 16.3 Å². The molecule has 0 atom stereocenters. The number of benzene rings is 1. The lowest BCUT2D eigenvalue weighted by molar-refractivity contribution is -0.917. The molecular formula is C24H29N4OS+. The fourth-order valence-electron chi connectivity index (χ4n) is 4.56. The molecule has 1 amide bonds. The summed E-state index contributed by atoms with van der Waals surface area (Å²) in [7, 11) is 0. The third-order valence-corrected chi connectivity index (χ3v) is 7.40. The first kappa shape index (κ1) is 19.5. The Kier molecular flexibility index (Phi) is 5.21. The van der Waals surface area contributed by atoms with E-state index < -0.39 is 0 Å². The third kappa shape index (κ3) is 3.94. The van der Waals surface area contributed by atoms with Crippen LogP contribution in [0.1, 0.15) is 40.8 Å². The van der Waals surface area contributed by atoms with E-state index in [1.54, 1.807) is 17.4 Å². The molecule has 30 heavy (non-hydrogen) atoms. The Morgan fingerprint density at radius 1 is 1.23 bits per heavy atom. The van der Waals surface area contributed by atoms with Crippen molar-refractivity contribution >= 4 is 33.5 Å². The molecule has 6 heteroatoms. The van der Waals surface area contributed by atoms with Gasteiger partial charge in [0.2, 0.25) is 5.91 Å². The monoisotopic (exact) mass is 421 g/mol. The van der Waals surface area contributed by atoms with E-state index in [4.69, 9.17) is 4.98 Å². The second kappa shape index (κ2) is 8.00. The topological polar surface area (TPSA) is 42.6 Å². The Morgan fingerprint density at radius 2 is 2.00 bits per heavy atom. The van der Waals surface area contributed by atoms with Crippen molar-refractivity contribution in [3.63, 3.8) is 0 Å². The molecule has 3 aromatic rings. The molecule has 156 valence electrons. The van der Waals surface area contributed by atoms with Gasteiger partial charge in [-0.05, 0) is 56.5 Å². The molecule has 5 nitrogen and oxygen atoms in total. The Morgan fingerprint density at radius 3 is 2.73 bits per heavy atom. The molecule has 2 aromatic heterocycles. The lowest BCUT2D eigenvalue weighted by Gasteiger charge is -2.31. The summed E-state index contributed by atoms with van der Waals surface area (Å²) >= 11 is 1.79. The lowest BCUT2D eigenvalue weighted by atomic mass is 10.2. The van der Waals surface area contributed by atoms with Crippen LogP contribution < -0.4 is 4.90 Å². The van der Waals surface area contributed by atoms with Gasteiger partial charge in [-0.1, -0.05) is 12.1 Å². The molecule has 0 spiro atoms. The first-order valence-electron chi connectivity index (χ1n) is 10.9. The maximum absolute atomic E-state index is 12.7. The smallest absolute Gasteiger partial charge is 0.246 e. The van der Waals surface area contributed by atoms with Gasteiger partial charge in [0, 0.05) is 23.5 Å². The highest BCUT2D eigenvalue weighted by molar-refractivity contribution is 7.18. The minimum atomic E-state index is 0.130. The molecule has 2 aliphatic rings. The number of hydrogen-bond donors (Lipinski definition) is 1. The van der Waals surface area contributed by atoms with Gasteiger partial charge in [-0.3, -0.25) is 4.79 Å². The molecule has 1 N–H and O–H groups in total. The Labute approximate surface area is 181 Å². The Bertz CT molecular complexity index is 1070. The summed E-state index contributed by atoms with van der Waals surface area (Å²) in [6.45, 7) is 8.86. The highest BCUT2D eigenvalue weighted by atomic mass is 32.1. The van der Waals surface area contributed by atoms with Crippen LogP contribution in [-0.4, -0.2) is 46.5 Å². The summed E-state index contributed by atoms with van der Waals surface area (Å²) in [5, 5.41) is 1.19. The van der Waals surface area contributed by atoms with Crippen LogP contribution in [0.2, 0.25) is 0 Å². The van der Waals surface area contributed by atoms with Crippen LogP contribution in [0.15, 0.2) is 36.4 Å². The highest BCUT2D eigenvalue weighted by Gasteiger charge is 2.27. The van der Waals surface area contributed by atoms with Crippen LogP contribution in [0.3, 0.4) is 0 Å². The molecule has 0 unspecified atom stereocenters. The number of hydrogen-bond acceptors (Lipinski definition) is 3. The number of carbonyl (C=O) groups is 1. The average Bonchev–Trinajstić information content (AvgIpc) is 3.42. The van der Waals surface area contributed by atoms with Gasteiger partial charge in [-0.15, -0.1) is 11.3 Å². The summed E-state index contributed by atoms with van der Waals surface area (Å²) in [5.41, 5.74) is 4.85. The molecule has 0 radical (unpaired) electrons. The molecule has 0 bridgehead atoms. The van der Waals surface area contributed by atoms with Gasteiger partial charge >= 0.3 is 0 Å². The summed E-state index contributed by atoms with van der Waals surface area (Å²) < 4.78 is 3.68. The SMILES string of the molecule is Cc1cc(/C=C/C(=O)N2CC[NH+](Cc3nc4ccccc4s3)CC2)c(C)n1C1CC1. The Balaban J connectivity index is 1.17. The van der Waals surface area contributed by atoms with E-state index in [-0.39, 0.29) is 5.91 Å². The summed E-state index contributed by atoms with van der Waals surface area (Å²) in [5.74, 6) is 0.130. The number of nitrogens with zero attached hydrogens (tertiary/aromatic N) is 3. The number of amides is 1. The lowest BCUT2D eigenvalue weighted by Crippen LogP contribution is -3.13. The number of para-hydroxylation sites is 1. The first-order valence-corrected chi connectivity index (χ1v) is 11.7. The summed E-state index contributed by atoms with van der Waals surface area (Å²) in [6, 6.07) is 11.2. The van der Waals surface area contributed by atoms with E-state index in [0.717, 1.165) is 38.2 Å². The van der Waals surface area contributed by atoms with Crippen molar-refractivity contribution in [2.24, 2.45) is 0 Å². The van der Waals surface area contributed by atoms with Crippen molar-refractivity contribution in [3.8, 4) is 0 Å². The number of nitrogens with one attached hydrogen (secondary N) is 1. The van der Waals surface area contributed by atoms with Gasteiger partial charge in [-0.25, -0.2) is 4.98 Å². The predicted octanol–water partition coefficient (Wildman–Crippen LogP) is 2.99. The van der Waals surface area contributed by atoms with Crippen LogP contribution in [-0.2, 0) is 11.3 Å².